The molecule has 2 aliphatic heterocycles. The first kappa shape index (κ1) is 15.3. The zero-order valence-corrected chi connectivity index (χ0v) is 12.1. The van der Waals surface area contributed by atoms with Gasteiger partial charge in [0.05, 0.1) is 0 Å². The van der Waals surface area contributed by atoms with Crippen LogP contribution in [-0.4, -0.2) is 47.7 Å². The number of hydrogen-bond acceptors (Lipinski definition) is 3. The number of nitrogens with zero attached hydrogens (tertiary/aromatic N) is 1. The van der Waals surface area contributed by atoms with Crippen LogP contribution < -0.4 is 0 Å². The van der Waals surface area contributed by atoms with Crippen molar-refractivity contribution in [1.82, 2.24) is 4.90 Å². The second kappa shape index (κ2) is 7.62. The summed E-state index contributed by atoms with van der Waals surface area (Å²) >= 11 is 0. The van der Waals surface area contributed by atoms with Gasteiger partial charge in [-0.3, -0.25) is 4.79 Å². The minimum atomic E-state index is -0.859. The van der Waals surface area contributed by atoms with Gasteiger partial charge in [0.25, 0.3) is 0 Å². The number of aliphatic carboxylic acids is 1. The molecule has 2 aliphatic rings. The molecule has 5 heteroatoms. The molecule has 114 valence electrons. The van der Waals surface area contributed by atoms with Gasteiger partial charge in [-0.25, -0.2) is 4.79 Å². The Kier molecular flexibility index (Phi) is 5.83. The Labute approximate surface area is 120 Å². The van der Waals surface area contributed by atoms with Gasteiger partial charge in [-0.15, -0.1) is 0 Å². The van der Waals surface area contributed by atoms with Crippen LogP contribution in [-0.2, 0) is 14.3 Å². The average Bonchev–Trinajstić information content (AvgIpc) is 2.48. The van der Waals surface area contributed by atoms with Gasteiger partial charge >= 0.3 is 5.97 Å². The number of ether oxygens (including phenoxy) is 1. The second-order valence-electron chi connectivity index (χ2n) is 5.88. The molecule has 1 N–H and O–H groups in total. The number of amides is 1. The van der Waals surface area contributed by atoms with Crippen LogP contribution in [0.5, 0.6) is 0 Å². The number of carboxylic acid groups (broad SMARTS) is 1. The Morgan fingerprint density at radius 2 is 1.90 bits per heavy atom. The molecule has 2 rings (SSSR count). The summed E-state index contributed by atoms with van der Waals surface area (Å²) in [7, 11) is 0. The molecule has 1 amide bonds. The Bertz CT molecular complexity index is 339. The molecule has 2 saturated heterocycles. The van der Waals surface area contributed by atoms with Crippen LogP contribution in [0.1, 0.15) is 51.4 Å². The summed E-state index contributed by atoms with van der Waals surface area (Å²) < 4.78 is 5.32. The Morgan fingerprint density at radius 3 is 2.60 bits per heavy atom. The van der Waals surface area contributed by atoms with E-state index in [4.69, 9.17) is 4.74 Å². The molecule has 0 radical (unpaired) electrons. The highest BCUT2D eigenvalue weighted by atomic mass is 16.5. The predicted molar refractivity (Wildman–Crippen MR) is 74.4 cm³/mol. The molecule has 0 spiro atoms. The van der Waals surface area contributed by atoms with Crippen molar-refractivity contribution in [3.8, 4) is 0 Å². The van der Waals surface area contributed by atoms with E-state index in [0.29, 0.717) is 25.3 Å². The second-order valence-corrected chi connectivity index (χ2v) is 5.88. The van der Waals surface area contributed by atoms with E-state index >= 15 is 0 Å². The van der Waals surface area contributed by atoms with Crippen molar-refractivity contribution in [3.63, 3.8) is 0 Å². The largest absolute Gasteiger partial charge is 0.480 e. The Morgan fingerprint density at radius 1 is 1.15 bits per heavy atom. The van der Waals surface area contributed by atoms with Crippen molar-refractivity contribution < 1.29 is 19.4 Å². The number of carboxylic acids is 1. The van der Waals surface area contributed by atoms with Crippen LogP contribution in [0.4, 0.5) is 0 Å². The third-order valence-electron chi connectivity index (χ3n) is 4.45. The van der Waals surface area contributed by atoms with Crippen LogP contribution >= 0.6 is 0 Å². The monoisotopic (exact) mass is 283 g/mol. The van der Waals surface area contributed by atoms with E-state index in [1.54, 1.807) is 4.90 Å². The van der Waals surface area contributed by atoms with Crippen molar-refractivity contribution in [1.29, 1.82) is 0 Å². The fourth-order valence-electron chi connectivity index (χ4n) is 3.21. The topological polar surface area (TPSA) is 66.8 Å². The van der Waals surface area contributed by atoms with Crippen LogP contribution in [0.15, 0.2) is 0 Å². The van der Waals surface area contributed by atoms with Crippen molar-refractivity contribution in [3.05, 3.63) is 0 Å². The fraction of sp³-hybridized carbons (Fsp3) is 0.867. The van der Waals surface area contributed by atoms with Gasteiger partial charge in [-0.1, -0.05) is 0 Å². The van der Waals surface area contributed by atoms with Gasteiger partial charge < -0.3 is 14.7 Å². The molecule has 1 atom stereocenters. The van der Waals surface area contributed by atoms with Crippen LogP contribution in [0.3, 0.4) is 0 Å². The quantitative estimate of drug-likeness (QED) is 0.838. The molecule has 1 unspecified atom stereocenters. The fourth-order valence-corrected chi connectivity index (χ4v) is 3.21. The number of hydrogen-bond donors (Lipinski definition) is 1. The number of rotatable bonds is 5. The van der Waals surface area contributed by atoms with Gasteiger partial charge in [-0.05, 0) is 50.9 Å². The van der Waals surface area contributed by atoms with E-state index in [1.807, 2.05) is 0 Å². The Balaban J connectivity index is 1.73. The third-order valence-corrected chi connectivity index (χ3v) is 4.45. The zero-order chi connectivity index (χ0) is 14.4. The number of piperidine rings is 1. The maximum absolute atomic E-state index is 12.2. The molecular weight excluding hydrogens is 258 g/mol. The minimum Gasteiger partial charge on any atom is -0.480 e. The van der Waals surface area contributed by atoms with E-state index in [-0.39, 0.29) is 5.91 Å². The molecule has 0 saturated carbocycles. The SMILES string of the molecule is O=C(O)C1CCCCN1C(=O)CCCC1CCOCC1. The summed E-state index contributed by atoms with van der Waals surface area (Å²) in [5.74, 6) is -0.167. The van der Waals surface area contributed by atoms with Crippen molar-refractivity contribution in [2.45, 2.75) is 57.4 Å². The van der Waals surface area contributed by atoms with E-state index in [1.165, 1.54) is 0 Å². The van der Waals surface area contributed by atoms with Gasteiger partial charge in [0.15, 0.2) is 0 Å². The lowest BCUT2D eigenvalue weighted by Crippen LogP contribution is -2.47. The summed E-state index contributed by atoms with van der Waals surface area (Å²) in [6.45, 7) is 2.28. The van der Waals surface area contributed by atoms with E-state index in [9.17, 15) is 14.7 Å². The molecule has 20 heavy (non-hydrogen) atoms. The summed E-state index contributed by atoms with van der Waals surface area (Å²) in [4.78, 5) is 25.0. The van der Waals surface area contributed by atoms with E-state index < -0.39 is 12.0 Å². The smallest absolute Gasteiger partial charge is 0.326 e. The van der Waals surface area contributed by atoms with Gasteiger partial charge in [-0.2, -0.15) is 0 Å². The predicted octanol–water partition coefficient (Wildman–Crippen LogP) is 2.05. The van der Waals surface area contributed by atoms with Crippen LogP contribution in [0.2, 0.25) is 0 Å². The van der Waals surface area contributed by atoms with Crippen molar-refractivity contribution in [2.75, 3.05) is 19.8 Å². The van der Waals surface area contributed by atoms with Gasteiger partial charge in [0.1, 0.15) is 6.04 Å². The molecular formula is C15H25NO4. The highest BCUT2D eigenvalue weighted by Crippen LogP contribution is 2.23. The van der Waals surface area contributed by atoms with Crippen LogP contribution in [0.25, 0.3) is 0 Å². The molecule has 5 nitrogen and oxygen atoms in total. The first-order chi connectivity index (χ1) is 9.68. The number of likely N-dealkylation sites (tertiary alicyclic amines) is 1. The standard InChI is InChI=1S/C15H25NO4/c17-14(6-3-4-12-7-10-20-11-8-12)16-9-2-1-5-13(16)15(18)19/h12-13H,1-11H2,(H,18,19). The molecule has 0 aromatic rings. The van der Waals surface area contributed by atoms with Gasteiger partial charge in [0.2, 0.25) is 5.91 Å². The number of carbonyl (C=O) groups excluding carboxylic acids is 1. The Hall–Kier alpha value is -1.10. The molecule has 0 aliphatic carbocycles. The third kappa shape index (κ3) is 4.20. The summed E-state index contributed by atoms with van der Waals surface area (Å²) in [5.41, 5.74) is 0. The lowest BCUT2D eigenvalue weighted by Gasteiger charge is -2.33. The molecule has 2 fully saturated rings. The lowest BCUT2D eigenvalue weighted by atomic mass is 9.93. The highest BCUT2D eigenvalue weighted by molar-refractivity contribution is 5.83. The first-order valence-corrected chi connectivity index (χ1v) is 7.78. The molecule has 0 bridgehead atoms. The summed E-state index contributed by atoms with van der Waals surface area (Å²) in [6, 6.07) is -0.598. The van der Waals surface area contributed by atoms with Crippen molar-refractivity contribution >= 4 is 11.9 Å². The maximum atomic E-state index is 12.2. The molecule has 2 heterocycles. The zero-order valence-electron chi connectivity index (χ0n) is 12.1. The molecule has 0 aromatic heterocycles. The normalized spacial score (nSPS) is 24.6. The van der Waals surface area contributed by atoms with Crippen molar-refractivity contribution in [2.24, 2.45) is 5.92 Å². The lowest BCUT2D eigenvalue weighted by molar-refractivity contribution is -0.152. The van der Waals surface area contributed by atoms with E-state index in [2.05, 4.69) is 0 Å². The van der Waals surface area contributed by atoms with Crippen LogP contribution in [0, 0.1) is 5.92 Å². The summed E-state index contributed by atoms with van der Waals surface area (Å²) in [5, 5.41) is 9.18. The average molecular weight is 283 g/mol. The number of carbonyl (C=O) groups is 2. The van der Waals surface area contributed by atoms with Gasteiger partial charge in [0, 0.05) is 26.2 Å². The highest BCUT2D eigenvalue weighted by Gasteiger charge is 2.31. The minimum absolute atomic E-state index is 0.0177. The molecule has 0 aromatic carbocycles. The van der Waals surface area contributed by atoms with E-state index in [0.717, 1.165) is 51.7 Å². The summed E-state index contributed by atoms with van der Waals surface area (Å²) in [6.07, 6.45) is 7.03. The first-order valence-electron chi connectivity index (χ1n) is 7.78. The maximum Gasteiger partial charge on any atom is 0.326 e.